The van der Waals surface area contributed by atoms with Gasteiger partial charge in [0.1, 0.15) is 0 Å². The number of unbranched alkanes of at least 4 members (excludes halogenated alkanes) is 2. The molecule has 0 radical (unpaired) electrons. The van der Waals surface area contributed by atoms with Crippen LogP contribution in [0.25, 0.3) is 0 Å². The zero-order chi connectivity index (χ0) is 12.4. The van der Waals surface area contributed by atoms with Gasteiger partial charge in [0, 0.05) is 26.1 Å². The maximum absolute atomic E-state index is 11.7. The molecule has 0 aliphatic rings. The number of nitrogens with one attached hydrogen (secondary N) is 1. The molecule has 0 aromatic carbocycles. The molecule has 1 unspecified atom stereocenters. The number of hydrogen-bond acceptors (Lipinski definition) is 2. The van der Waals surface area contributed by atoms with E-state index in [1.165, 1.54) is 19.3 Å². The fourth-order valence-electron chi connectivity index (χ4n) is 1.53. The van der Waals surface area contributed by atoms with Gasteiger partial charge in [-0.05, 0) is 19.4 Å². The number of likely N-dealkylation sites (N-methyl/N-ethyl adjacent to an activating group) is 1. The van der Waals surface area contributed by atoms with Gasteiger partial charge < -0.3 is 10.2 Å². The Kier molecular flexibility index (Phi) is 9.30. The van der Waals surface area contributed by atoms with Gasteiger partial charge in [-0.25, -0.2) is 0 Å². The second-order valence-corrected chi connectivity index (χ2v) is 4.53. The molecule has 0 fully saturated rings. The minimum atomic E-state index is 0.157. The molecule has 3 nitrogen and oxygen atoms in total. The van der Waals surface area contributed by atoms with E-state index in [2.05, 4.69) is 19.2 Å². The van der Waals surface area contributed by atoms with Crippen LogP contribution < -0.4 is 5.32 Å². The van der Waals surface area contributed by atoms with E-state index in [9.17, 15) is 4.79 Å². The largest absolute Gasteiger partial charge is 0.344 e. The first-order valence-electron chi connectivity index (χ1n) is 6.59. The van der Waals surface area contributed by atoms with Crippen LogP contribution in [0.2, 0.25) is 0 Å². The number of carbonyl (C=O) groups excluding carboxylic acids is 1. The molecule has 1 amide bonds. The first-order valence-corrected chi connectivity index (χ1v) is 6.59. The maximum atomic E-state index is 11.7. The summed E-state index contributed by atoms with van der Waals surface area (Å²) in [5, 5.41) is 3.37. The van der Waals surface area contributed by atoms with Gasteiger partial charge >= 0.3 is 0 Å². The van der Waals surface area contributed by atoms with E-state index in [0.29, 0.717) is 0 Å². The van der Waals surface area contributed by atoms with Gasteiger partial charge in [-0.15, -0.1) is 0 Å². The Morgan fingerprint density at radius 2 is 1.94 bits per heavy atom. The van der Waals surface area contributed by atoms with Crippen molar-refractivity contribution in [1.82, 2.24) is 10.2 Å². The van der Waals surface area contributed by atoms with Crippen molar-refractivity contribution >= 4 is 5.91 Å². The van der Waals surface area contributed by atoms with E-state index in [-0.39, 0.29) is 11.8 Å². The molecule has 0 spiro atoms. The van der Waals surface area contributed by atoms with Gasteiger partial charge in [-0.2, -0.15) is 0 Å². The molecule has 0 aromatic heterocycles. The highest BCUT2D eigenvalue weighted by Gasteiger charge is 2.14. The van der Waals surface area contributed by atoms with Crippen molar-refractivity contribution in [1.29, 1.82) is 0 Å². The highest BCUT2D eigenvalue weighted by molar-refractivity contribution is 5.78. The molecule has 0 bridgehead atoms. The van der Waals surface area contributed by atoms with Crippen LogP contribution in [-0.2, 0) is 4.79 Å². The highest BCUT2D eigenvalue weighted by Crippen LogP contribution is 2.04. The van der Waals surface area contributed by atoms with E-state index in [0.717, 1.165) is 26.1 Å². The summed E-state index contributed by atoms with van der Waals surface area (Å²) in [6.07, 6.45) is 4.70. The van der Waals surface area contributed by atoms with E-state index < -0.39 is 0 Å². The smallest absolute Gasteiger partial charge is 0.225 e. The lowest BCUT2D eigenvalue weighted by Gasteiger charge is -2.20. The second kappa shape index (κ2) is 9.64. The molecular weight excluding hydrogens is 200 g/mol. The Bertz CT molecular complexity index is 183. The number of carbonyl (C=O) groups is 1. The van der Waals surface area contributed by atoms with Crippen LogP contribution in [0.5, 0.6) is 0 Å². The Morgan fingerprint density at radius 3 is 2.50 bits per heavy atom. The van der Waals surface area contributed by atoms with Crippen molar-refractivity contribution < 1.29 is 4.79 Å². The Morgan fingerprint density at radius 1 is 1.25 bits per heavy atom. The first kappa shape index (κ1) is 15.4. The van der Waals surface area contributed by atoms with Crippen molar-refractivity contribution in [3.8, 4) is 0 Å². The van der Waals surface area contributed by atoms with Crippen molar-refractivity contribution in [2.45, 2.75) is 46.5 Å². The summed E-state index contributed by atoms with van der Waals surface area (Å²) < 4.78 is 0. The minimum Gasteiger partial charge on any atom is -0.344 e. The predicted octanol–water partition coefficient (Wildman–Crippen LogP) is 2.27. The maximum Gasteiger partial charge on any atom is 0.225 e. The van der Waals surface area contributed by atoms with Gasteiger partial charge in [0.15, 0.2) is 0 Å². The zero-order valence-corrected chi connectivity index (χ0v) is 11.4. The third-order valence-corrected chi connectivity index (χ3v) is 2.99. The Labute approximate surface area is 101 Å². The number of rotatable bonds is 9. The molecule has 0 aromatic rings. The lowest BCUT2D eigenvalue weighted by atomic mass is 10.1. The first-order chi connectivity index (χ1) is 7.63. The van der Waals surface area contributed by atoms with Crippen LogP contribution in [-0.4, -0.2) is 37.5 Å². The van der Waals surface area contributed by atoms with Gasteiger partial charge in [-0.3, -0.25) is 4.79 Å². The molecule has 16 heavy (non-hydrogen) atoms. The summed E-state index contributed by atoms with van der Waals surface area (Å²) in [4.78, 5) is 13.6. The quantitative estimate of drug-likeness (QED) is 0.614. The zero-order valence-electron chi connectivity index (χ0n) is 11.4. The molecular formula is C13H28N2O. The molecule has 0 aliphatic carbocycles. The van der Waals surface area contributed by atoms with Crippen LogP contribution >= 0.6 is 0 Å². The van der Waals surface area contributed by atoms with Crippen LogP contribution in [0.15, 0.2) is 0 Å². The summed E-state index contributed by atoms with van der Waals surface area (Å²) in [6.45, 7) is 9.04. The van der Waals surface area contributed by atoms with Crippen molar-refractivity contribution in [2.75, 3.05) is 26.7 Å². The summed E-state index contributed by atoms with van der Waals surface area (Å²) in [7, 11) is 1.89. The summed E-state index contributed by atoms with van der Waals surface area (Å²) >= 11 is 0. The number of hydrogen-bond donors (Lipinski definition) is 1. The fourth-order valence-corrected chi connectivity index (χ4v) is 1.53. The van der Waals surface area contributed by atoms with Gasteiger partial charge in [0.05, 0.1) is 0 Å². The van der Waals surface area contributed by atoms with E-state index in [4.69, 9.17) is 0 Å². The predicted molar refractivity (Wildman–Crippen MR) is 69.5 cm³/mol. The van der Waals surface area contributed by atoms with Gasteiger partial charge in [0.25, 0.3) is 0 Å². The Hall–Kier alpha value is -0.570. The second-order valence-electron chi connectivity index (χ2n) is 4.53. The summed E-state index contributed by atoms with van der Waals surface area (Å²) in [5.74, 6) is 0.419. The molecule has 1 atom stereocenters. The Balaban J connectivity index is 3.50. The van der Waals surface area contributed by atoms with E-state index in [1.54, 1.807) is 0 Å². The minimum absolute atomic E-state index is 0.157. The highest BCUT2D eigenvalue weighted by atomic mass is 16.2. The third kappa shape index (κ3) is 6.83. The molecule has 0 aliphatic heterocycles. The molecule has 0 heterocycles. The van der Waals surface area contributed by atoms with Crippen molar-refractivity contribution in [3.63, 3.8) is 0 Å². The number of nitrogens with zero attached hydrogens (tertiary/aromatic N) is 1. The van der Waals surface area contributed by atoms with Gasteiger partial charge in [0.2, 0.25) is 5.91 Å². The molecule has 96 valence electrons. The fraction of sp³-hybridized carbons (Fsp3) is 0.923. The van der Waals surface area contributed by atoms with Crippen molar-refractivity contribution in [2.24, 2.45) is 5.92 Å². The lowest BCUT2D eigenvalue weighted by Crippen LogP contribution is -2.36. The van der Waals surface area contributed by atoms with Crippen LogP contribution in [0, 0.1) is 5.92 Å². The third-order valence-electron chi connectivity index (χ3n) is 2.99. The average molecular weight is 228 g/mol. The summed E-state index contributed by atoms with van der Waals surface area (Å²) in [5.41, 5.74) is 0. The monoisotopic (exact) mass is 228 g/mol. The SMILES string of the molecule is CCCCCNCCN(C)C(=O)C(C)CC. The van der Waals surface area contributed by atoms with E-state index in [1.807, 2.05) is 18.9 Å². The molecule has 0 saturated heterocycles. The normalized spacial score (nSPS) is 12.5. The molecule has 1 N–H and O–H groups in total. The van der Waals surface area contributed by atoms with Gasteiger partial charge in [-0.1, -0.05) is 33.6 Å². The summed E-state index contributed by atoms with van der Waals surface area (Å²) in [6, 6.07) is 0. The topological polar surface area (TPSA) is 32.3 Å². The van der Waals surface area contributed by atoms with Crippen LogP contribution in [0.1, 0.15) is 46.5 Å². The lowest BCUT2D eigenvalue weighted by molar-refractivity contribution is -0.133. The average Bonchev–Trinajstić information content (AvgIpc) is 2.31. The van der Waals surface area contributed by atoms with Crippen LogP contribution in [0.3, 0.4) is 0 Å². The molecule has 3 heteroatoms. The van der Waals surface area contributed by atoms with Crippen molar-refractivity contribution in [3.05, 3.63) is 0 Å². The standard InChI is InChI=1S/C13H28N2O/c1-5-7-8-9-14-10-11-15(4)13(16)12(3)6-2/h12,14H,5-11H2,1-4H3. The number of amides is 1. The van der Waals surface area contributed by atoms with Crippen LogP contribution in [0.4, 0.5) is 0 Å². The molecule has 0 saturated carbocycles. The van der Waals surface area contributed by atoms with E-state index >= 15 is 0 Å². The molecule has 0 rings (SSSR count).